The molecule has 168 valence electrons. The van der Waals surface area contributed by atoms with Crippen LogP contribution in [0, 0.1) is 5.82 Å². The molecule has 0 aliphatic carbocycles. The molecule has 6 nitrogen and oxygen atoms in total. The molecule has 0 saturated carbocycles. The van der Waals surface area contributed by atoms with Crippen LogP contribution in [0.5, 0.6) is 0 Å². The standard InChI is InChI=1S/C24H30FNO5/c1-24(2,3)31-23(30)26(20(16-27)17-8-5-4-6-9-17)22(29)11-7-10-21(28)18-12-14-19(25)15-13-18/h4-6,8-9,12-15,20-21,27-28H,7,10-11,16H2,1-3H3/t20-,21+/m1/s1. The second-order valence-electron chi connectivity index (χ2n) is 8.31. The second-order valence-corrected chi connectivity index (χ2v) is 8.31. The van der Waals surface area contributed by atoms with Gasteiger partial charge < -0.3 is 14.9 Å². The fraction of sp³-hybridized carbons (Fsp3) is 0.417. The van der Waals surface area contributed by atoms with E-state index in [1.54, 1.807) is 51.1 Å². The molecular formula is C24H30FNO5. The van der Waals surface area contributed by atoms with Gasteiger partial charge in [-0.25, -0.2) is 14.1 Å². The first-order valence-corrected chi connectivity index (χ1v) is 10.3. The lowest BCUT2D eigenvalue weighted by atomic mass is 10.0. The Morgan fingerprint density at radius 2 is 1.65 bits per heavy atom. The Kier molecular flexibility index (Phi) is 8.71. The van der Waals surface area contributed by atoms with Crippen molar-refractivity contribution in [2.75, 3.05) is 6.61 Å². The van der Waals surface area contributed by atoms with E-state index in [0.717, 1.165) is 4.90 Å². The third-order valence-electron chi connectivity index (χ3n) is 4.65. The number of hydrogen-bond donors (Lipinski definition) is 2. The molecule has 31 heavy (non-hydrogen) atoms. The van der Waals surface area contributed by atoms with Crippen molar-refractivity contribution in [3.05, 3.63) is 71.5 Å². The number of rotatable bonds is 8. The Bertz CT molecular complexity index is 849. The summed E-state index contributed by atoms with van der Waals surface area (Å²) in [7, 11) is 0. The number of benzene rings is 2. The van der Waals surface area contributed by atoms with Crippen molar-refractivity contribution in [1.82, 2.24) is 4.90 Å². The maximum atomic E-state index is 13.0. The highest BCUT2D eigenvalue weighted by Crippen LogP contribution is 2.26. The first-order valence-electron chi connectivity index (χ1n) is 10.3. The van der Waals surface area contributed by atoms with Gasteiger partial charge in [0.05, 0.1) is 18.8 Å². The molecule has 0 spiro atoms. The van der Waals surface area contributed by atoms with Crippen molar-refractivity contribution in [3.63, 3.8) is 0 Å². The molecule has 0 aliphatic heterocycles. The number of aliphatic hydroxyl groups excluding tert-OH is 2. The molecule has 2 rings (SSSR count). The zero-order valence-corrected chi connectivity index (χ0v) is 18.1. The maximum Gasteiger partial charge on any atom is 0.417 e. The highest BCUT2D eigenvalue weighted by molar-refractivity contribution is 5.92. The van der Waals surface area contributed by atoms with Crippen molar-refractivity contribution < 1.29 is 28.9 Å². The van der Waals surface area contributed by atoms with Gasteiger partial charge in [-0.3, -0.25) is 4.79 Å². The topological polar surface area (TPSA) is 87.1 Å². The van der Waals surface area contributed by atoms with Crippen LogP contribution >= 0.6 is 0 Å². The number of aliphatic hydroxyl groups is 2. The minimum atomic E-state index is -0.884. The van der Waals surface area contributed by atoms with Crippen LogP contribution in [0.2, 0.25) is 0 Å². The van der Waals surface area contributed by atoms with Gasteiger partial charge in [-0.05, 0) is 56.9 Å². The molecule has 7 heteroatoms. The summed E-state index contributed by atoms with van der Waals surface area (Å²) in [6, 6.07) is 13.4. The van der Waals surface area contributed by atoms with Gasteiger partial charge in [-0.2, -0.15) is 0 Å². The lowest BCUT2D eigenvalue weighted by Crippen LogP contribution is -2.44. The first-order chi connectivity index (χ1) is 14.6. The molecule has 0 saturated heterocycles. The molecule has 0 radical (unpaired) electrons. The summed E-state index contributed by atoms with van der Waals surface area (Å²) in [4.78, 5) is 26.8. The number of halogens is 1. The molecule has 0 heterocycles. The van der Waals surface area contributed by atoms with E-state index in [-0.39, 0.29) is 12.8 Å². The number of carbonyl (C=O) groups is 2. The number of hydrogen-bond acceptors (Lipinski definition) is 5. The maximum absolute atomic E-state index is 13.0. The van der Waals surface area contributed by atoms with E-state index >= 15 is 0 Å². The Hall–Kier alpha value is -2.77. The molecule has 2 N–H and O–H groups in total. The SMILES string of the molecule is CC(C)(C)OC(=O)N(C(=O)CCC[C@H](O)c1ccc(F)cc1)[C@H](CO)c1ccccc1. The molecule has 0 bridgehead atoms. The van der Waals surface area contributed by atoms with Crippen LogP contribution in [0.15, 0.2) is 54.6 Å². The number of amides is 2. The lowest BCUT2D eigenvalue weighted by Gasteiger charge is -2.31. The Morgan fingerprint density at radius 3 is 2.19 bits per heavy atom. The molecule has 0 unspecified atom stereocenters. The van der Waals surface area contributed by atoms with Crippen molar-refractivity contribution in [2.45, 2.75) is 57.8 Å². The Morgan fingerprint density at radius 1 is 1.03 bits per heavy atom. The fourth-order valence-electron chi connectivity index (χ4n) is 3.14. The third kappa shape index (κ3) is 7.45. The quantitative estimate of drug-likeness (QED) is 0.641. The van der Waals surface area contributed by atoms with Crippen LogP contribution in [0.3, 0.4) is 0 Å². The average Bonchev–Trinajstić information content (AvgIpc) is 2.71. The van der Waals surface area contributed by atoms with Gasteiger partial charge in [0, 0.05) is 6.42 Å². The zero-order chi connectivity index (χ0) is 23.0. The number of nitrogens with zero attached hydrogens (tertiary/aromatic N) is 1. The number of carbonyl (C=O) groups excluding carboxylic acids is 2. The van der Waals surface area contributed by atoms with Crippen molar-refractivity contribution in [1.29, 1.82) is 0 Å². The van der Waals surface area contributed by atoms with Gasteiger partial charge in [-0.1, -0.05) is 42.5 Å². The van der Waals surface area contributed by atoms with E-state index in [2.05, 4.69) is 0 Å². The van der Waals surface area contributed by atoms with Crippen molar-refractivity contribution in [2.24, 2.45) is 0 Å². The zero-order valence-electron chi connectivity index (χ0n) is 18.1. The Balaban J connectivity index is 2.11. The van der Waals surface area contributed by atoms with Gasteiger partial charge in [0.2, 0.25) is 5.91 Å². The van der Waals surface area contributed by atoms with E-state index in [9.17, 15) is 24.2 Å². The van der Waals surface area contributed by atoms with Gasteiger partial charge >= 0.3 is 6.09 Å². The first kappa shape index (κ1) is 24.5. The molecule has 0 aromatic heterocycles. The molecule has 2 atom stereocenters. The van der Waals surface area contributed by atoms with Crippen LogP contribution in [0.1, 0.15) is 63.3 Å². The average molecular weight is 432 g/mol. The fourth-order valence-corrected chi connectivity index (χ4v) is 3.14. The smallest absolute Gasteiger partial charge is 0.417 e. The highest BCUT2D eigenvalue weighted by atomic mass is 19.1. The summed E-state index contributed by atoms with van der Waals surface area (Å²) in [5.41, 5.74) is 0.344. The van der Waals surface area contributed by atoms with Crippen molar-refractivity contribution in [3.8, 4) is 0 Å². The van der Waals surface area contributed by atoms with E-state index in [1.165, 1.54) is 24.3 Å². The lowest BCUT2D eigenvalue weighted by molar-refractivity contribution is -0.133. The highest BCUT2D eigenvalue weighted by Gasteiger charge is 2.33. The summed E-state index contributed by atoms with van der Waals surface area (Å²) in [5, 5.41) is 20.2. The molecule has 0 fully saturated rings. The summed E-state index contributed by atoms with van der Waals surface area (Å²) < 4.78 is 18.4. The van der Waals surface area contributed by atoms with E-state index in [1.807, 2.05) is 0 Å². The monoisotopic (exact) mass is 431 g/mol. The Labute approximate surface area is 182 Å². The van der Waals surface area contributed by atoms with Gasteiger partial charge in [0.25, 0.3) is 0 Å². The van der Waals surface area contributed by atoms with Crippen LogP contribution in [-0.4, -0.2) is 39.3 Å². The van der Waals surface area contributed by atoms with Crippen LogP contribution in [0.4, 0.5) is 9.18 Å². The number of ether oxygens (including phenoxy) is 1. The minimum Gasteiger partial charge on any atom is -0.443 e. The summed E-state index contributed by atoms with van der Waals surface area (Å²) in [5.74, 6) is -0.904. The predicted octanol–water partition coefficient (Wildman–Crippen LogP) is 4.53. The van der Waals surface area contributed by atoms with E-state index in [0.29, 0.717) is 17.5 Å². The normalized spacial score (nSPS) is 13.4. The predicted molar refractivity (Wildman–Crippen MR) is 115 cm³/mol. The van der Waals surface area contributed by atoms with Crippen LogP contribution in [0.25, 0.3) is 0 Å². The molecule has 0 aliphatic rings. The van der Waals surface area contributed by atoms with Crippen molar-refractivity contribution >= 4 is 12.0 Å². The molecule has 2 aromatic rings. The van der Waals surface area contributed by atoms with Gasteiger partial charge in [-0.15, -0.1) is 0 Å². The third-order valence-corrected chi connectivity index (χ3v) is 4.65. The summed E-state index contributed by atoms with van der Waals surface area (Å²) in [6.07, 6.45) is -1.16. The van der Waals surface area contributed by atoms with Gasteiger partial charge in [0.15, 0.2) is 0 Å². The summed E-state index contributed by atoms with van der Waals surface area (Å²) in [6.45, 7) is 4.64. The second kappa shape index (κ2) is 11.0. The molecule has 2 aromatic carbocycles. The number of imide groups is 1. The van der Waals surface area contributed by atoms with Crippen LogP contribution in [-0.2, 0) is 9.53 Å². The van der Waals surface area contributed by atoms with Crippen LogP contribution < -0.4 is 0 Å². The molecule has 2 amide bonds. The summed E-state index contributed by atoms with van der Waals surface area (Å²) >= 11 is 0. The van der Waals surface area contributed by atoms with Gasteiger partial charge in [0.1, 0.15) is 11.4 Å². The largest absolute Gasteiger partial charge is 0.443 e. The van der Waals surface area contributed by atoms with E-state index in [4.69, 9.17) is 4.74 Å². The minimum absolute atomic E-state index is 0.0270. The van der Waals surface area contributed by atoms with E-state index < -0.39 is 42.2 Å². The molecular weight excluding hydrogens is 401 g/mol.